The highest BCUT2D eigenvalue weighted by Crippen LogP contribution is 2.07. The number of amides is 3. The molecule has 1 aliphatic heterocycles. The predicted molar refractivity (Wildman–Crippen MR) is 48.3 cm³/mol. The number of nitrogens with zero attached hydrogens (tertiary/aromatic N) is 1. The second kappa shape index (κ2) is 4.11. The van der Waals surface area contributed by atoms with E-state index in [2.05, 4.69) is 10.6 Å². The van der Waals surface area contributed by atoms with E-state index in [1.807, 2.05) is 6.92 Å². The molecule has 2 N–H and O–H groups in total. The van der Waals surface area contributed by atoms with Gasteiger partial charge in [0.05, 0.1) is 0 Å². The zero-order valence-corrected chi connectivity index (χ0v) is 7.96. The maximum absolute atomic E-state index is 11.3. The Bertz CT molecular complexity index is 217. The highest BCUT2D eigenvalue weighted by molar-refractivity contribution is 5.88. The van der Waals surface area contributed by atoms with Crippen molar-refractivity contribution in [1.29, 1.82) is 0 Å². The van der Waals surface area contributed by atoms with Crippen molar-refractivity contribution in [3.8, 4) is 0 Å². The summed E-state index contributed by atoms with van der Waals surface area (Å²) >= 11 is 0. The minimum absolute atomic E-state index is 0.0580. The first-order chi connectivity index (χ1) is 6.20. The summed E-state index contributed by atoms with van der Waals surface area (Å²) in [6, 6.07) is -0.490. The summed E-state index contributed by atoms with van der Waals surface area (Å²) in [6.45, 7) is 3.03. The van der Waals surface area contributed by atoms with Gasteiger partial charge in [0, 0.05) is 20.1 Å². The summed E-state index contributed by atoms with van der Waals surface area (Å²) in [6.07, 6.45) is 0.652. The quantitative estimate of drug-likeness (QED) is 0.580. The van der Waals surface area contributed by atoms with E-state index < -0.39 is 0 Å². The van der Waals surface area contributed by atoms with Crippen molar-refractivity contribution in [2.45, 2.75) is 19.4 Å². The van der Waals surface area contributed by atoms with E-state index in [4.69, 9.17) is 0 Å². The van der Waals surface area contributed by atoms with Gasteiger partial charge < -0.3 is 15.5 Å². The molecule has 0 aromatic rings. The minimum Gasteiger partial charge on any atom is -0.353 e. The Morgan fingerprint density at radius 3 is 3.00 bits per heavy atom. The van der Waals surface area contributed by atoms with Crippen LogP contribution in [-0.4, -0.2) is 43.0 Å². The van der Waals surface area contributed by atoms with Gasteiger partial charge in [-0.25, -0.2) is 4.79 Å². The summed E-state index contributed by atoms with van der Waals surface area (Å²) < 4.78 is 0. The molecule has 1 atom stereocenters. The fourth-order valence-corrected chi connectivity index (χ4v) is 1.51. The lowest BCUT2D eigenvalue weighted by Gasteiger charge is -2.33. The van der Waals surface area contributed by atoms with Gasteiger partial charge in [0.25, 0.3) is 0 Å². The molecule has 3 amide bonds. The van der Waals surface area contributed by atoms with Crippen LogP contribution in [0.5, 0.6) is 0 Å². The number of nitrogens with one attached hydrogen (secondary N) is 2. The molecule has 13 heavy (non-hydrogen) atoms. The lowest BCUT2D eigenvalue weighted by Crippen LogP contribution is -2.58. The van der Waals surface area contributed by atoms with Crippen molar-refractivity contribution < 1.29 is 9.59 Å². The molecule has 5 heteroatoms. The molecule has 1 rings (SSSR count). The Balaban J connectivity index is 2.70. The van der Waals surface area contributed by atoms with Crippen LogP contribution in [0, 0.1) is 0 Å². The fourth-order valence-electron chi connectivity index (χ4n) is 1.51. The Morgan fingerprint density at radius 1 is 1.77 bits per heavy atom. The minimum atomic E-state index is -0.311. The van der Waals surface area contributed by atoms with Crippen LogP contribution in [0.25, 0.3) is 0 Å². The molecule has 1 heterocycles. The first-order valence-electron chi connectivity index (χ1n) is 4.46. The molecule has 0 spiro atoms. The average molecular weight is 185 g/mol. The number of hydrogen-bond donors (Lipinski definition) is 2. The topological polar surface area (TPSA) is 61.4 Å². The van der Waals surface area contributed by atoms with Gasteiger partial charge in [0.1, 0.15) is 6.04 Å². The lowest BCUT2D eigenvalue weighted by atomic mass is 10.1. The van der Waals surface area contributed by atoms with Crippen LogP contribution in [0.15, 0.2) is 0 Å². The summed E-state index contributed by atoms with van der Waals surface area (Å²) in [5, 5.41) is 5.26. The van der Waals surface area contributed by atoms with Gasteiger partial charge in [-0.15, -0.1) is 0 Å². The molecule has 5 nitrogen and oxygen atoms in total. The number of urea groups is 1. The molecular weight excluding hydrogens is 170 g/mol. The molecule has 1 aliphatic rings. The molecule has 1 unspecified atom stereocenters. The van der Waals surface area contributed by atoms with E-state index in [0.717, 1.165) is 0 Å². The van der Waals surface area contributed by atoms with E-state index in [1.54, 1.807) is 11.9 Å². The van der Waals surface area contributed by atoms with E-state index in [0.29, 0.717) is 19.5 Å². The van der Waals surface area contributed by atoms with Crippen molar-refractivity contribution in [2.24, 2.45) is 0 Å². The smallest absolute Gasteiger partial charge is 0.317 e. The van der Waals surface area contributed by atoms with Crippen LogP contribution in [0.1, 0.15) is 13.3 Å². The zero-order valence-electron chi connectivity index (χ0n) is 7.96. The average Bonchev–Trinajstić information content (AvgIpc) is 2.16. The summed E-state index contributed by atoms with van der Waals surface area (Å²) in [4.78, 5) is 24.2. The van der Waals surface area contributed by atoms with Crippen LogP contribution < -0.4 is 10.6 Å². The highest BCUT2D eigenvalue weighted by atomic mass is 16.2. The molecule has 74 valence electrons. The molecule has 0 radical (unpaired) electrons. The second-order valence-corrected chi connectivity index (χ2v) is 2.96. The highest BCUT2D eigenvalue weighted by Gasteiger charge is 2.30. The molecule has 0 aromatic carbocycles. The van der Waals surface area contributed by atoms with Crippen molar-refractivity contribution in [1.82, 2.24) is 15.5 Å². The number of hydrogen-bond acceptors (Lipinski definition) is 2. The first-order valence-corrected chi connectivity index (χ1v) is 4.46. The van der Waals surface area contributed by atoms with Crippen molar-refractivity contribution in [3.05, 3.63) is 0 Å². The predicted octanol–water partition coefficient (Wildman–Crippen LogP) is -0.464. The summed E-state index contributed by atoms with van der Waals surface area (Å²) in [5.74, 6) is -0.0580. The first kappa shape index (κ1) is 9.83. The monoisotopic (exact) mass is 185 g/mol. The van der Waals surface area contributed by atoms with Gasteiger partial charge in [-0.1, -0.05) is 6.92 Å². The van der Waals surface area contributed by atoms with Gasteiger partial charge >= 0.3 is 6.03 Å². The Kier molecular flexibility index (Phi) is 3.11. The van der Waals surface area contributed by atoms with Crippen LogP contribution in [-0.2, 0) is 4.79 Å². The third-order valence-corrected chi connectivity index (χ3v) is 2.19. The van der Waals surface area contributed by atoms with Crippen LogP contribution >= 0.6 is 0 Å². The van der Waals surface area contributed by atoms with Crippen molar-refractivity contribution in [3.63, 3.8) is 0 Å². The molecule has 0 saturated carbocycles. The van der Waals surface area contributed by atoms with Gasteiger partial charge in [0.15, 0.2) is 0 Å². The van der Waals surface area contributed by atoms with E-state index in [1.165, 1.54) is 0 Å². The standard InChI is InChI=1S/C8H15N3O2/c1-3-6-7(12)10-4-5-11(6)8(13)9-2/h6H,3-5H2,1-2H3,(H,9,13)(H,10,12). The maximum Gasteiger partial charge on any atom is 0.317 e. The molecule has 1 saturated heterocycles. The van der Waals surface area contributed by atoms with Crippen molar-refractivity contribution in [2.75, 3.05) is 20.1 Å². The third kappa shape index (κ3) is 1.91. The van der Waals surface area contributed by atoms with Gasteiger partial charge in [0.2, 0.25) is 5.91 Å². The Labute approximate surface area is 77.5 Å². The molecular formula is C8H15N3O2. The second-order valence-electron chi connectivity index (χ2n) is 2.96. The Morgan fingerprint density at radius 2 is 2.46 bits per heavy atom. The number of piperazine rings is 1. The third-order valence-electron chi connectivity index (χ3n) is 2.19. The molecule has 0 bridgehead atoms. The maximum atomic E-state index is 11.3. The summed E-state index contributed by atoms with van der Waals surface area (Å²) in [5.41, 5.74) is 0. The van der Waals surface area contributed by atoms with Gasteiger partial charge in [-0.2, -0.15) is 0 Å². The molecule has 0 aliphatic carbocycles. The van der Waals surface area contributed by atoms with E-state index in [9.17, 15) is 9.59 Å². The van der Waals surface area contributed by atoms with Crippen LogP contribution in [0.4, 0.5) is 4.79 Å². The van der Waals surface area contributed by atoms with E-state index in [-0.39, 0.29) is 18.0 Å². The number of carbonyl (C=O) groups excluding carboxylic acids is 2. The van der Waals surface area contributed by atoms with Gasteiger partial charge in [-0.3, -0.25) is 4.79 Å². The largest absolute Gasteiger partial charge is 0.353 e. The van der Waals surface area contributed by atoms with E-state index >= 15 is 0 Å². The number of rotatable bonds is 1. The van der Waals surface area contributed by atoms with Gasteiger partial charge in [-0.05, 0) is 6.42 Å². The zero-order chi connectivity index (χ0) is 9.84. The number of carbonyl (C=O) groups is 2. The lowest BCUT2D eigenvalue weighted by molar-refractivity contribution is -0.127. The Hall–Kier alpha value is -1.26. The SMILES string of the molecule is CCC1C(=O)NCCN1C(=O)NC. The summed E-state index contributed by atoms with van der Waals surface area (Å²) in [7, 11) is 1.57. The fraction of sp³-hybridized carbons (Fsp3) is 0.750. The van der Waals surface area contributed by atoms with Crippen LogP contribution in [0.2, 0.25) is 0 Å². The van der Waals surface area contributed by atoms with Crippen LogP contribution in [0.3, 0.4) is 0 Å². The van der Waals surface area contributed by atoms with Crippen molar-refractivity contribution >= 4 is 11.9 Å². The molecule has 1 fully saturated rings. The normalized spacial score (nSPS) is 22.5. The molecule has 0 aromatic heterocycles.